The minimum Gasteiger partial charge on any atom is -0.369 e. The van der Waals surface area contributed by atoms with Gasteiger partial charge in [-0.15, -0.1) is 0 Å². The molecule has 0 spiro atoms. The maximum Gasteiger partial charge on any atom is 0.277 e. The van der Waals surface area contributed by atoms with Crippen LogP contribution in [0.3, 0.4) is 0 Å². The number of fused-ring (bicyclic) bond motifs is 1. The number of hydrogen-bond donors (Lipinski definition) is 0. The molecule has 0 bridgehead atoms. The topological polar surface area (TPSA) is 63.9 Å². The van der Waals surface area contributed by atoms with Crippen molar-refractivity contribution >= 4 is 5.69 Å². The molecule has 5 rings (SSSR count). The molecular weight excluding hydrogens is 362 g/mol. The molecule has 1 fully saturated rings. The second-order valence-electron chi connectivity index (χ2n) is 8.25. The van der Waals surface area contributed by atoms with E-state index in [0.717, 1.165) is 49.2 Å². The summed E-state index contributed by atoms with van der Waals surface area (Å²) in [6, 6.07) is 6.65. The van der Waals surface area contributed by atoms with Crippen molar-refractivity contribution in [2.24, 2.45) is 0 Å². The molecule has 1 aliphatic heterocycles. The number of nitrogens with zero attached hydrogens (tertiary/aromatic N) is 5. The fraction of sp³-hybridized carbons (Fsp3) is 0.391. The lowest BCUT2D eigenvalue weighted by atomic mass is 9.79. The maximum atomic E-state index is 13.1. The Balaban J connectivity index is 1.42. The fourth-order valence-electron chi connectivity index (χ4n) is 4.51. The molecule has 3 heterocycles. The zero-order valence-corrected chi connectivity index (χ0v) is 16.9. The van der Waals surface area contributed by atoms with Crippen LogP contribution in [-0.2, 0) is 12.8 Å². The van der Waals surface area contributed by atoms with Crippen LogP contribution in [0, 0.1) is 13.8 Å². The van der Waals surface area contributed by atoms with Gasteiger partial charge < -0.3 is 4.90 Å². The maximum absolute atomic E-state index is 13.1. The van der Waals surface area contributed by atoms with Gasteiger partial charge in [-0.2, -0.15) is 9.78 Å². The molecule has 1 aromatic carbocycles. The van der Waals surface area contributed by atoms with Crippen LogP contribution >= 0.6 is 0 Å². The van der Waals surface area contributed by atoms with Crippen molar-refractivity contribution in [3.8, 4) is 5.95 Å². The average molecular weight is 387 g/mol. The number of aryl methyl sites for hydroxylation is 2. The van der Waals surface area contributed by atoms with Gasteiger partial charge >= 0.3 is 0 Å². The van der Waals surface area contributed by atoms with Crippen LogP contribution in [0.15, 0.2) is 41.6 Å². The van der Waals surface area contributed by atoms with Crippen LogP contribution in [0.4, 0.5) is 5.69 Å². The number of anilines is 1. The van der Waals surface area contributed by atoms with Crippen molar-refractivity contribution in [2.75, 3.05) is 18.0 Å². The quantitative estimate of drug-likeness (QED) is 0.691. The van der Waals surface area contributed by atoms with E-state index in [2.05, 4.69) is 52.0 Å². The summed E-state index contributed by atoms with van der Waals surface area (Å²) in [6.45, 7) is 6.38. The Labute approximate surface area is 170 Å². The van der Waals surface area contributed by atoms with Gasteiger partial charge in [-0.3, -0.25) is 4.79 Å². The van der Waals surface area contributed by atoms with E-state index in [1.807, 2.05) is 6.20 Å². The van der Waals surface area contributed by atoms with Gasteiger partial charge in [-0.25, -0.2) is 9.97 Å². The third-order valence-corrected chi connectivity index (χ3v) is 6.28. The molecule has 1 aliphatic carbocycles. The molecule has 1 saturated heterocycles. The first-order valence-electron chi connectivity index (χ1n) is 10.3. The van der Waals surface area contributed by atoms with Crippen molar-refractivity contribution < 1.29 is 0 Å². The Bertz CT molecular complexity index is 1120. The summed E-state index contributed by atoms with van der Waals surface area (Å²) in [4.78, 5) is 24.1. The molecule has 1 unspecified atom stereocenters. The van der Waals surface area contributed by atoms with Crippen LogP contribution in [0.2, 0.25) is 0 Å². The Morgan fingerprint density at radius 2 is 1.86 bits per heavy atom. The van der Waals surface area contributed by atoms with Gasteiger partial charge in [0.1, 0.15) is 0 Å². The van der Waals surface area contributed by atoms with E-state index in [1.54, 1.807) is 12.4 Å². The van der Waals surface area contributed by atoms with Gasteiger partial charge in [0.2, 0.25) is 0 Å². The van der Waals surface area contributed by atoms with Gasteiger partial charge in [-0.1, -0.05) is 23.8 Å². The van der Waals surface area contributed by atoms with E-state index in [9.17, 15) is 4.79 Å². The summed E-state index contributed by atoms with van der Waals surface area (Å²) >= 11 is 0. The highest BCUT2D eigenvalue weighted by atomic mass is 16.1. The SMILES string of the molecule is Cc1ccc(C2CCc3c(cnn(-c4ncc(N5CCC5)cn4)c3=O)C2)c(C)c1. The molecule has 148 valence electrons. The summed E-state index contributed by atoms with van der Waals surface area (Å²) in [7, 11) is 0. The molecule has 0 amide bonds. The molecule has 6 heteroatoms. The first kappa shape index (κ1) is 18.0. The molecule has 0 N–H and O–H groups in total. The third-order valence-electron chi connectivity index (χ3n) is 6.28. The van der Waals surface area contributed by atoms with E-state index in [-0.39, 0.29) is 5.56 Å². The minimum atomic E-state index is -0.0849. The lowest BCUT2D eigenvalue weighted by Gasteiger charge is -2.32. The predicted octanol–water partition coefficient (Wildman–Crippen LogP) is 3.12. The largest absolute Gasteiger partial charge is 0.369 e. The van der Waals surface area contributed by atoms with Crippen molar-refractivity contribution in [1.82, 2.24) is 19.7 Å². The highest BCUT2D eigenvalue weighted by molar-refractivity contribution is 5.45. The zero-order valence-electron chi connectivity index (χ0n) is 16.9. The second kappa shape index (κ2) is 7.10. The standard InChI is InChI=1S/C23H25N5O/c1-15-4-6-20(16(2)10-15)17-5-7-21-18(11-17)12-26-28(22(21)29)23-24-13-19(14-25-23)27-8-3-9-27/h4,6,10,12-14,17H,3,5,7-9,11H2,1-2H3. The van der Waals surface area contributed by atoms with Gasteiger partial charge in [0, 0.05) is 18.7 Å². The van der Waals surface area contributed by atoms with Crippen LogP contribution in [0.1, 0.15) is 46.6 Å². The lowest BCUT2D eigenvalue weighted by molar-refractivity contribution is 0.563. The first-order chi connectivity index (χ1) is 14.1. The van der Waals surface area contributed by atoms with E-state index >= 15 is 0 Å². The van der Waals surface area contributed by atoms with Gasteiger partial charge in [-0.05, 0) is 62.1 Å². The van der Waals surface area contributed by atoms with Crippen LogP contribution in [0.25, 0.3) is 5.95 Å². The lowest BCUT2D eigenvalue weighted by Crippen LogP contribution is -2.37. The summed E-state index contributed by atoms with van der Waals surface area (Å²) in [5.74, 6) is 0.783. The van der Waals surface area contributed by atoms with Crippen molar-refractivity contribution in [3.05, 3.63) is 75.0 Å². The monoisotopic (exact) mass is 387 g/mol. The highest BCUT2D eigenvalue weighted by Crippen LogP contribution is 2.33. The number of benzene rings is 1. The molecule has 0 radical (unpaired) electrons. The summed E-state index contributed by atoms with van der Waals surface area (Å²) < 4.78 is 1.34. The molecular formula is C23H25N5O. The molecule has 1 atom stereocenters. The van der Waals surface area contributed by atoms with Gasteiger partial charge in [0.05, 0.1) is 24.3 Å². The van der Waals surface area contributed by atoms with Gasteiger partial charge in [0.15, 0.2) is 0 Å². The van der Waals surface area contributed by atoms with Crippen molar-refractivity contribution in [1.29, 1.82) is 0 Å². The molecule has 2 aromatic heterocycles. The molecule has 2 aliphatic rings. The molecule has 3 aromatic rings. The van der Waals surface area contributed by atoms with E-state index in [4.69, 9.17) is 0 Å². The number of hydrogen-bond acceptors (Lipinski definition) is 5. The molecule has 0 saturated carbocycles. The Morgan fingerprint density at radius 1 is 1.07 bits per heavy atom. The number of rotatable bonds is 3. The van der Waals surface area contributed by atoms with Crippen molar-refractivity contribution in [3.63, 3.8) is 0 Å². The predicted molar refractivity (Wildman–Crippen MR) is 113 cm³/mol. The first-order valence-corrected chi connectivity index (χ1v) is 10.3. The Morgan fingerprint density at radius 3 is 2.55 bits per heavy atom. The minimum absolute atomic E-state index is 0.0849. The summed E-state index contributed by atoms with van der Waals surface area (Å²) in [6.07, 6.45) is 9.20. The zero-order chi connectivity index (χ0) is 20.0. The third kappa shape index (κ3) is 3.22. The van der Waals surface area contributed by atoms with Gasteiger partial charge in [0.25, 0.3) is 11.5 Å². The van der Waals surface area contributed by atoms with Crippen molar-refractivity contribution in [2.45, 2.75) is 45.4 Å². The normalized spacial score (nSPS) is 18.3. The Hall–Kier alpha value is -3.02. The van der Waals surface area contributed by atoms with E-state index < -0.39 is 0 Å². The van der Waals surface area contributed by atoms with E-state index in [1.165, 1.54) is 27.8 Å². The van der Waals surface area contributed by atoms with Crippen LogP contribution < -0.4 is 10.5 Å². The highest BCUT2D eigenvalue weighted by Gasteiger charge is 2.25. The average Bonchev–Trinajstić information content (AvgIpc) is 2.68. The van der Waals surface area contributed by atoms with Crippen LogP contribution in [-0.4, -0.2) is 32.8 Å². The molecule has 6 nitrogen and oxygen atoms in total. The Kier molecular flexibility index (Phi) is 4.42. The van der Waals surface area contributed by atoms with Crippen LogP contribution in [0.5, 0.6) is 0 Å². The smallest absolute Gasteiger partial charge is 0.277 e. The molecule has 29 heavy (non-hydrogen) atoms. The number of aromatic nitrogens is 4. The van der Waals surface area contributed by atoms with E-state index in [0.29, 0.717) is 11.9 Å². The fourth-order valence-corrected chi connectivity index (χ4v) is 4.51. The second-order valence-corrected chi connectivity index (χ2v) is 8.25. The summed E-state index contributed by atoms with van der Waals surface area (Å²) in [5.41, 5.74) is 6.83. The summed E-state index contributed by atoms with van der Waals surface area (Å²) in [5, 5.41) is 4.40.